The number of nitrogens with zero attached hydrogens (tertiary/aromatic N) is 1. The number of unbranched alkanes of at least 4 members (excludes halogenated alkanes) is 7. The number of nitrogens with one attached hydrogen (secondary N) is 1. The van der Waals surface area contributed by atoms with Gasteiger partial charge in [0, 0.05) is 25.2 Å². The third-order valence-electron chi connectivity index (χ3n) is 6.36. The van der Waals surface area contributed by atoms with Crippen LogP contribution in [0.1, 0.15) is 87.8 Å². The number of benzene rings is 2. The van der Waals surface area contributed by atoms with E-state index in [1.807, 2.05) is 12.1 Å². The van der Waals surface area contributed by atoms with Crippen molar-refractivity contribution in [1.82, 2.24) is 4.90 Å². The molecule has 2 rings (SSSR count). The fraction of sp³-hybridized carbons (Fsp3) is 0.484. The minimum absolute atomic E-state index is 0.0311. The highest BCUT2D eigenvalue weighted by atomic mass is 19.4. The van der Waals surface area contributed by atoms with Gasteiger partial charge in [0.2, 0.25) is 5.91 Å². The van der Waals surface area contributed by atoms with E-state index in [-0.39, 0.29) is 19.0 Å². The molecule has 0 fully saturated rings. The summed E-state index contributed by atoms with van der Waals surface area (Å²) in [6.07, 6.45) is 10.8. The summed E-state index contributed by atoms with van der Waals surface area (Å²) in [5, 5.41) is 12.2. The van der Waals surface area contributed by atoms with E-state index in [1.54, 1.807) is 17.0 Å². The highest BCUT2D eigenvalue weighted by molar-refractivity contribution is 5.90. The number of carboxylic acid groups (broad SMARTS) is 1. The fourth-order valence-corrected chi connectivity index (χ4v) is 4.23. The molecule has 0 aliphatic heterocycles. The van der Waals surface area contributed by atoms with Gasteiger partial charge in [-0.15, -0.1) is 0 Å². The second-order valence-corrected chi connectivity index (χ2v) is 9.90. The third-order valence-corrected chi connectivity index (χ3v) is 6.36. The third kappa shape index (κ3) is 14.0. The molecule has 0 aliphatic carbocycles. The first kappa shape index (κ1) is 32.1. The van der Waals surface area contributed by atoms with Crippen LogP contribution >= 0.6 is 0 Å². The molecule has 0 aliphatic rings. The number of halogens is 3. The molecular formula is C31H41F3N2O3. The van der Waals surface area contributed by atoms with E-state index in [1.165, 1.54) is 44.2 Å². The Hall–Kier alpha value is -3.13. The lowest BCUT2D eigenvalue weighted by Crippen LogP contribution is -2.29. The molecule has 0 radical (unpaired) electrons. The number of aliphatic carboxylic acids is 1. The van der Waals surface area contributed by atoms with Crippen molar-refractivity contribution >= 4 is 17.6 Å². The molecule has 0 spiro atoms. The van der Waals surface area contributed by atoms with E-state index in [0.717, 1.165) is 43.4 Å². The van der Waals surface area contributed by atoms with E-state index in [4.69, 9.17) is 0 Å². The molecule has 1 amide bonds. The highest BCUT2D eigenvalue weighted by Gasteiger charge is 2.30. The number of hydrogen-bond acceptors (Lipinski definition) is 3. The lowest BCUT2D eigenvalue weighted by Gasteiger charge is -2.21. The van der Waals surface area contributed by atoms with Crippen LogP contribution < -0.4 is 5.32 Å². The van der Waals surface area contributed by atoms with Crippen LogP contribution in [-0.4, -0.2) is 28.4 Å². The molecule has 0 saturated heterocycles. The van der Waals surface area contributed by atoms with Gasteiger partial charge in [-0.05, 0) is 61.1 Å². The van der Waals surface area contributed by atoms with Crippen LogP contribution in [0, 0.1) is 0 Å². The van der Waals surface area contributed by atoms with Crippen molar-refractivity contribution in [3.8, 4) is 0 Å². The van der Waals surface area contributed by atoms with Crippen LogP contribution in [0.2, 0.25) is 0 Å². The lowest BCUT2D eigenvalue weighted by atomic mass is 10.1. The van der Waals surface area contributed by atoms with Gasteiger partial charge in [-0.2, -0.15) is 13.2 Å². The summed E-state index contributed by atoms with van der Waals surface area (Å²) in [7, 11) is 0. The Morgan fingerprint density at radius 3 is 1.92 bits per heavy atom. The zero-order valence-electron chi connectivity index (χ0n) is 22.8. The standard InChI is InChI=1S/C31H41F3N2O3/c1-2-3-4-5-6-7-8-9-10-11-12-13-29(37)35-28-20-16-26(17-21-28)23-36(24-30(38)39)22-25-14-18-27(19-15-25)31(32,33)34/h5-6,14-21H,2-4,7-13,22-24H2,1H3,(H,35,37)(H,38,39). The number of carbonyl (C=O) groups is 2. The summed E-state index contributed by atoms with van der Waals surface area (Å²) < 4.78 is 38.4. The molecule has 2 aromatic carbocycles. The van der Waals surface area contributed by atoms with Crippen molar-refractivity contribution in [3.63, 3.8) is 0 Å². The summed E-state index contributed by atoms with van der Waals surface area (Å²) in [5.41, 5.74) is 1.36. The predicted octanol–water partition coefficient (Wildman–Crippen LogP) is 8.21. The van der Waals surface area contributed by atoms with E-state index < -0.39 is 17.7 Å². The number of alkyl halides is 3. The first-order valence-electron chi connectivity index (χ1n) is 13.8. The number of carbonyl (C=O) groups excluding carboxylic acids is 1. The molecule has 39 heavy (non-hydrogen) atoms. The Morgan fingerprint density at radius 1 is 0.821 bits per heavy atom. The molecule has 0 bridgehead atoms. The Balaban J connectivity index is 1.73. The average molecular weight is 547 g/mol. The topological polar surface area (TPSA) is 69.6 Å². The number of carboxylic acids is 1. The van der Waals surface area contributed by atoms with E-state index in [2.05, 4.69) is 24.4 Å². The van der Waals surface area contributed by atoms with Crippen molar-refractivity contribution in [3.05, 3.63) is 77.4 Å². The summed E-state index contributed by atoms with van der Waals surface area (Å²) in [6, 6.07) is 11.9. The first-order valence-corrected chi connectivity index (χ1v) is 13.8. The van der Waals surface area contributed by atoms with Gasteiger partial charge in [0.05, 0.1) is 12.1 Å². The molecule has 0 heterocycles. The van der Waals surface area contributed by atoms with Crippen LogP contribution in [0.25, 0.3) is 0 Å². The van der Waals surface area contributed by atoms with E-state index in [9.17, 15) is 27.9 Å². The van der Waals surface area contributed by atoms with Gasteiger partial charge in [0.15, 0.2) is 0 Å². The van der Waals surface area contributed by atoms with Crippen LogP contribution in [0.3, 0.4) is 0 Å². The van der Waals surface area contributed by atoms with Crippen molar-refractivity contribution in [2.75, 3.05) is 11.9 Å². The SMILES string of the molecule is CCCCC=CCCCCCCCC(=O)Nc1ccc(CN(CC(=O)O)Cc2ccc(C(F)(F)F)cc2)cc1. The quantitative estimate of drug-likeness (QED) is 0.146. The summed E-state index contributed by atoms with van der Waals surface area (Å²) in [6.45, 7) is 2.44. The van der Waals surface area contributed by atoms with Crippen LogP contribution in [0.5, 0.6) is 0 Å². The highest BCUT2D eigenvalue weighted by Crippen LogP contribution is 2.29. The Morgan fingerprint density at radius 2 is 1.36 bits per heavy atom. The van der Waals surface area contributed by atoms with Gasteiger partial charge in [0.25, 0.3) is 0 Å². The van der Waals surface area contributed by atoms with Gasteiger partial charge in [0.1, 0.15) is 0 Å². The Labute approximate surface area is 230 Å². The maximum atomic E-state index is 12.8. The molecule has 0 unspecified atom stereocenters. The second-order valence-electron chi connectivity index (χ2n) is 9.90. The molecule has 8 heteroatoms. The molecule has 0 atom stereocenters. The number of rotatable bonds is 18. The molecule has 214 valence electrons. The van der Waals surface area contributed by atoms with Crippen molar-refractivity contribution in [2.24, 2.45) is 0 Å². The maximum absolute atomic E-state index is 12.8. The largest absolute Gasteiger partial charge is 0.480 e. The predicted molar refractivity (Wildman–Crippen MR) is 149 cm³/mol. The van der Waals surface area contributed by atoms with E-state index >= 15 is 0 Å². The zero-order chi connectivity index (χ0) is 28.5. The number of allylic oxidation sites excluding steroid dienone is 2. The summed E-state index contributed by atoms with van der Waals surface area (Å²) in [4.78, 5) is 25.3. The number of anilines is 1. The Bertz CT molecular complexity index is 1020. The fourth-order valence-electron chi connectivity index (χ4n) is 4.23. The second kappa shape index (κ2) is 17.5. The molecule has 2 N–H and O–H groups in total. The monoisotopic (exact) mass is 546 g/mol. The minimum Gasteiger partial charge on any atom is -0.480 e. The van der Waals surface area contributed by atoms with Crippen molar-refractivity contribution in [2.45, 2.75) is 90.4 Å². The zero-order valence-corrected chi connectivity index (χ0v) is 22.8. The van der Waals surface area contributed by atoms with Gasteiger partial charge in [-0.3, -0.25) is 14.5 Å². The minimum atomic E-state index is -4.42. The molecule has 0 aromatic heterocycles. The van der Waals surface area contributed by atoms with E-state index in [0.29, 0.717) is 24.2 Å². The molecule has 0 saturated carbocycles. The normalized spacial score (nSPS) is 11.8. The lowest BCUT2D eigenvalue weighted by molar-refractivity contribution is -0.139. The summed E-state index contributed by atoms with van der Waals surface area (Å²) >= 11 is 0. The van der Waals surface area contributed by atoms with Crippen molar-refractivity contribution in [1.29, 1.82) is 0 Å². The summed E-state index contributed by atoms with van der Waals surface area (Å²) in [5.74, 6) is -1.05. The smallest absolute Gasteiger partial charge is 0.416 e. The molecular weight excluding hydrogens is 505 g/mol. The van der Waals surface area contributed by atoms with Gasteiger partial charge in [-0.25, -0.2) is 0 Å². The van der Waals surface area contributed by atoms with Gasteiger partial charge < -0.3 is 10.4 Å². The van der Waals surface area contributed by atoms with Crippen LogP contribution in [0.15, 0.2) is 60.7 Å². The average Bonchev–Trinajstić information content (AvgIpc) is 2.88. The van der Waals surface area contributed by atoms with Gasteiger partial charge >= 0.3 is 12.1 Å². The van der Waals surface area contributed by atoms with Crippen LogP contribution in [-0.2, 0) is 28.9 Å². The Kier molecular flexibility index (Phi) is 14.4. The number of hydrogen-bond donors (Lipinski definition) is 2. The number of amides is 1. The molecule has 5 nitrogen and oxygen atoms in total. The first-order chi connectivity index (χ1) is 18.7. The van der Waals surface area contributed by atoms with Gasteiger partial charge in [-0.1, -0.05) is 75.4 Å². The van der Waals surface area contributed by atoms with Crippen LogP contribution in [0.4, 0.5) is 18.9 Å². The molecule has 2 aromatic rings. The van der Waals surface area contributed by atoms with Crippen molar-refractivity contribution < 1.29 is 27.9 Å². The maximum Gasteiger partial charge on any atom is 0.416 e.